The van der Waals surface area contributed by atoms with Crippen LogP contribution in [-0.4, -0.2) is 36.9 Å². The Labute approximate surface area is 154 Å². The van der Waals surface area contributed by atoms with Crippen molar-refractivity contribution < 1.29 is 14.3 Å². The highest BCUT2D eigenvalue weighted by Gasteiger charge is 2.15. The number of amides is 2. The third kappa shape index (κ3) is 5.33. The molecule has 128 valence electrons. The molecule has 0 fully saturated rings. The van der Waals surface area contributed by atoms with E-state index in [1.165, 1.54) is 11.9 Å². The Balaban J connectivity index is 1.87. The van der Waals surface area contributed by atoms with Crippen LogP contribution < -0.4 is 10.1 Å². The number of likely N-dealkylation sites (N-methyl/N-ethyl adjacent to an activating group) is 1. The Morgan fingerprint density at radius 2 is 1.88 bits per heavy atom. The maximum atomic E-state index is 12.1. The Kier molecular flexibility index (Phi) is 6.54. The molecule has 0 bridgehead atoms. The van der Waals surface area contributed by atoms with Gasteiger partial charge in [0, 0.05) is 11.5 Å². The number of ether oxygens (including phenoxy) is 1. The standard InChI is InChI=1S/C18H16BrN3O3/c1-22(11-17(23)21-15-8-4-3-7-14(15)19)18(24)12-25-16-9-5-2-6-13(16)10-20/h2-9H,11-12H2,1H3,(H,21,23). The second kappa shape index (κ2) is 8.85. The van der Waals surface area contributed by atoms with E-state index in [2.05, 4.69) is 21.2 Å². The van der Waals surface area contributed by atoms with Crippen LogP contribution in [0.5, 0.6) is 5.75 Å². The summed E-state index contributed by atoms with van der Waals surface area (Å²) in [5.41, 5.74) is 0.983. The molecule has 25 heavy (non-hydrogen) atoms. The van der Waals surface area contributed by atoms with Gasteiger partial charge in [0.25, 0.3) is 5.91 Å². The van der Waals surface area contributed by atoms with Crippen LogP contribution in [0.25, 0.3) is 0 Å². The zero-order valence-corrected chi connectivity index (χ0v) is 15.1. The van der Waals surface area contributed by atoms with Crippen LogP contribution in [0.3, 0.4) is 0 Å². The fourth-order valence-corrected chi connectivity index (χ4v) is 2.37. The number of nitrogens with zero attached hydrogens (tertiary/aromatic N) is 2. The van der Waals surface area contributed by atoms with Crippen LogP contribution in [0.2, 0.25) is 0 Å². The van der Waals surface area contributed by atoms with Gasteiger partial charge in [0.1, 0.15) is 11.8 Å². The van der Waals surface area contributed by atoms with Gasteiger partial charge in [-0.15, -0.1) is 0 Å². The summed E-state index contributed by atoms with van der Waals surface area (Å²) in [6, 6.07) is 15.9. The van der Waals surface area contributed by atoms with E-state index in [1.807, 2.05) is 18.2 Å². The second-order valence-corrected chi connectivity index (χ2v) is 6.03. The fourth-order valence-electron chi connectivity index (χ4n) is 1.99. The third-order valence-electron chi connectivity index (χ3n) is 3.31. The molecule has 0 saturated carbocycles. The van der Waals surface area contributed by atoms with E-state index in [0.29, 0.717) is 17.0 Å². The number of hydrogen-bond donors (Lipinski definition) is 1. The highest BCUT2D eigenvalue weighted by atomic mass is 79.9. The Hall–Kier alpha value is -2.85. The Bertz CT molecular complexity index is 817. The van der Waals surface area contributed by atoms with Crippen molar-refractivity contribution in [2.45, 2.75) is 0 Å². The lowest BCUT2D eigenvalue weighted by atomic mass is 10.2. The summed E-state index contributed by atoms with van der Waals surface area (Å²) in [5.74, 6) is -0.348. The average Bonchev–Trinajstić information content (AvgIpc) is 2.61. The van der Waals surface area contributed by atoms with Gasteiger partial charge in [0.2, 0.25) is 5.91 Å². The average molecular weight is 402 g/mol. The first-order valence-corrected chi connectivity index (χ1v) is 8.21. The molecule has 0 saturated heterocycles. The molecule has 0 atom stereocenters. The van der Waals surface area contributed by atoms with Crippen molar-refractivity contribution in [3.63, 3.8) is 0 Å². The lowest BCUT2D eigenvalue weighted by molar-refractivity contribution is -0.135. The number of para-hydroxylation sites is 2. The number of halogens is 1. The number of carbonyl (C=O) groups is 2. The number of carbonyl (C=O) groups excluding carboxylic acids is 2. The molecule has 0 aliphatic rings. The maximum absolute atomic E-state index is 12.1. The quantitative estimate of drug-likeness (QED) is 0.806. The second-order valence-electron chi connectivity index (χ2n) is 5.17. The lowest BCUT2D eigenvalue weighted by Gasteiger charge is -2.17. The lowest BCUT2D eigenvalue weighted by Crippen LogP contribution is -2.37. The van der Waals surface area contributed by atoms with E-state index in [-0.39, 0.29) is 25.0 Å². The van der Waals surface area contributed by atoms with Crippen LogP contribution in [0.4, 0.5) is 5.69 Å². The minimum atomic E-state index is -0.366. The van der Waals surface area contributed by atoms with Gasteiger partial charge < -0.3 is 15.0 Å². The third-order valence-corrected chi connectivity index (χ3v) is 4.00. The minimum Gasteiger partial charge on any atom is -0.482 e. The van der Waals surface area contributed by atoms with Crippen molar-refractivity contribution >= 4 is 33.4 Å². The normalized spacial score (nSPS) is 9.80. The Morgan fingerprint density at radius 1 is 1.20 bits per heavy atom. The van der Waals surface area contributed by atoms with E-state index in [4.69, 9.17) is 10.00 Å². The molecule has 0 aliphatic carbocycles. The topological polar surface area (TPSA) is 82.4 Å². The van der Waals surface area contributed by atoms with Crippen molar-refractivity contribution in [1.29, 1.82) is 5.26 Å². The van der Waals surface area contributed by atoms with E-state index in [1.54, 1.807) is 36.4 Å². The van der Waals surface area contributed by atoms with Crippen molar-refractivity contribution in [2.75, 3.05) is 25.5 Å². The number of hydrogen-bond acceptors (Lipinski definition) is 4. The molecule has 0 aliphatic heterocycles. The molecular formula is C18H16BrN3O3. The van der Waals surface area contributed by atoms with E-state index in [0.717, 1.165) is 4.47 Å². The predicted octanol–water partition coefficient (Wildman–Crippen LogP) is 2.80. The first kappa shape index (κ1) is 18.5. The number of benzene rings is 2. The SMILES string of the molecule is CN(CC(=O)Nc1ccccc1Br)C(=O)COc1ccccc1C#N. The monoisotopic (exact) mass is 401 g/mol. The number of nitriles is 1. The van der Waals surface area contributed by atoms with Gasteiger partial charge in [-0.05, 0) is 40.2 Å². The smallest absolute Gasteiger partial charge is 0.260 e. The summed E-state index contributed by atoms with van der Waals surface area (Å²) < 4.78 is 6.14. The zero-order valence-electron chi connectivity index (χ0n) is 13.5. The summed E-state index contributed by atoms with van der Waals surface area (Å²) in [6.45, 7) is -0.360. The van der Waals surface area contributed by atoms with Gasteiger partial charge in [0.05, 0.1) is 17.8 Å². The largest absolute Gasteiger partial charge is 0.482 e. The molecule has 0 radical (unpaired) electrons. The van der Waals surface area contributed by atoms with Gasteiger partial charge >= 0.3 is 0 Å². The van der Waals surface area contributed by atoms with Gasteiger partial charge in [-0.3, -0.25) is 9.59 Å². The number of anilines is 1. The summed E-state index contributed by atoms with van der Waals surface area (Å²) in [7, 11) is 1.52. The molecule has 0 unspecified atom stereocenters. The van der Waals surface area contributed by atoms with Gasteiger partial charge in [-0.2, -0.15) is 5.26 Å². The van der Waals surface area contributed by atoms with Gasteiger partial charge in [-0.1, -0.05) is 24.3 Å². The first-order chi connectivity index (χ1) is 12.0. The van der Waals surface area contributed by atoms with Crippen molar-refractivity contribution in [3.05, 3.63) is 58.6 Å². The molecule has 1 N–H and O–H groups in total. The molecule has 2 aromatic carbocycles. The summed E-state index contributed by atoms with van der Waals surface area (Å²) in [4.78, 5) is 25.4. The van der Waals surface area contributed by atoms with Crippen molar-refractivity contribution in [1.82, 2.24) is 4.90 Å². The summed E-state index contributed by atoms with van der Waals surface area (Å²) >= 11 is 3.34. The molecule has 2 aromatic rings. The molecular weight excluding hydrogens is 386 g/mol. The van der Waals surface area contributed by atoms with E-state index >= 15 is 0 Å². The highest BCUT2D eigenvalue weighted by Crippen LogP contribution is 2.21. The fraction of sp³-hybridized carbons (Fsp3) is 0.167. The van der Waals surface area contributed by atoms with Gasteiger partial charge in [-0.25, -0.2) is 0 Å². The zero-order chi connectivity index (χ0) is 18.2. The Morgan fingerprint density at radius 3 is 2.60 bits per heavy atom. The molecule has 0 heterocycles. The molecule has 2 amide bonds. The van der Waals surface area contributed by atoms with Crippen molar-refractivity contribution in [2.24, 2.45) is 0 Å². The molecule has 6 nitrogen and oxygen atoms in total. The number of rotatable bonds is 6. The number of nitrogens with one attached hydrogen (secondary N) is 1. The molecule has 7 heteroatoms. The first-order valence-electron chi connectivity index (χ1n) is 7.41. The minimum absolute atomic E-state index is 0.108. The highest BCUT2D eigenvalue weighted by molar-refractivity contribution is 9.10. The van der Waals surface area contributed by atoms with Crippen LogP contribution in [-0.2, 0) is 9.59 Å². The van der Waals surface area contributed by atoms with Crippen LogP contribution in [0.1, 0.15) is 5.56 Å². The molecule has 2 rings (SSSR count). The van der Waals surface area contributed by atoms with Crippen LogP contribution in [0, 0.1) is 11.3 Å². The maximum Gasteiger partial charge on any atom is 0.260 e. The predicted molar refractivity (Wildman–Crippen MR) is 97.1 cm³/mol. The summed E-state index contributed by atoms with van der Waals surface area (Å²) in [6.07, 6.45) is 0. The molecule has 0 aromatic heterocycles. The van der Waals surface area contributed by atoms with Gasteiger partial charge in [0.15, 0.2) is 6.61 Å². The molecule has 0 spiro atoms. The van der Waals surface area contributed by atoms with E-state index < -0.39 is 0 Å². The van der Waals surface area contributed by atoms with Crippen LogP contribution in [0.15, 0.2) is 53.0 Å². The van der Waals surface area contributed by atoms with Crippen LogP contribution >= 0.6 is 15.9 Å². The van der Waals surface area contributed by atoms with E-state index in [9.17, 15) is 9.59 Å². The summed E-state index contributed by atoms with van der Waals surface area (Å²) in [5, 5.41) is 11.7. The van der Waals surface area contributed by atoms with Crippen molar-refractivity contribution in [3.8, 4) is 11.8 Å².